The molecule has 0 fully saturated rings. The van der Waals surface area contributed by atoms with Crippen molar-refractivity contribution in [1.29, 1.82) is 0 Å². The van der Waals surface area contributed by atoms with E-state index in [1.54, 1.807) is 48.5 Å². The Morgan fingerprint density at radius 3 is 1.57 bits per heavy atom. The molecular formula is C30H26Cl2N12O5. The van der Waals surface area contributed by atoms with Gasteiger partial charge in [-0.2, -0.15) is 9.98 Å². The Morgan fingerprint density at radius 1 is 0.735 bits per heavy atom. The summed E-state index contributed by atoms with van der Waals surface area (Å²) in [5.41, 5.74) is -1.57. The fourth-order valence-corrected chi connectivity index (χ4v) is 5.35. The molecule has 2 aliphatic rings. The molecule has 2 aliphatic heterocycles. The van der Waals surface area contributed by atoms with E-state index in [1.165, 1.54) is 6.92 Å². The molecule has 4 N–H and O–H groups in total. The second-order valence-electron chi connectivity index (χ2n) is 10.9. The molecule has 2 aromatic heterocycles. The Balaban J connectivity index is 1.36. The highest BCUT2D eigenvalue weighted by Crippen LogP contribution is 2.46. The SMILES string of the molecule is CCCCCC(=O)C(C)(c1nc2n(c1O)C(=NC(=O)Nc1ccc(Cl)cc1)N=N2)c1nc2n(c1O)C(=NC(=O)Nc1ccc(Cl)cc1)N=N2. The number of imidazole rings is 2. The number of amides is 4. The maximum absolute atomic E-state index is 14.0. The molecule has 4 heterocycles. The van der Waals surface area contributed by atoms with Crippen LogP contribution in [-0.2, 0) is 10.2 Å². The van der Waals surface area contributed by atoms with Gasteiger partial charge in [0.15, 0.2) is 5.78 Å². The Kier molecular flexibility index (Phi) is 9.03. The number of aromatic nitrogens is 4. The van der Waals surface area contributed by atoms with E-state index in [9.17, 15) is 24.6 Å². The molecule has 0 unspecified atom stereocenters. The largest absolute Gasteiger partial charge is 0.493 e. The van der Waals surface area contributed by atoms with Crippen LogP contribution in [0.25, 0.3) is 0 Å². The number of anilines is 2. The number of fused-ring (bicyclic) bond motifs is 2. The lowest BCUT2D eigenvalue weighted by Crippen LogP contribution is -2.35. The first-order chi connectivity index (χ1) is 23.5. The average molecular weight is 706 g/mol. The summed E-state index contributed by atoms with van der Waals surface area (Å²) in [7, 11) is 0. The van der Waals surface area contributed by atoms with Gasteiger partial charge in [0.05, 0.1) is 0 Å². The van der Waals surface area contributed by atoms with E-state index in [1.807, 2.05) is 6.92 Å². The minimum Gasteiger partial charge on any atom is -0.493 e. The van der Waals surface area contributed by atoms with Crippen LogP contribution in [0.3, 0.4) is 0 Å². The van der Waals surface area contributed by atoms with Crippen molar-refractivity contribution < 1.29 is 24.6 Å². The minimum atomic E-state index is -1.89. The number of aromatic hydroxyl groups is 2. The zero-order chi connectivity index (χ0) is 34.9. The number of hydrogen-bond acceptors (Lipinski definition) is 9. The van der Waals surface area contributed by atoms with Gasteiger partial charge in [-0.15, -0.1) is 20.5 Å². The van der Waals surface area contributed by atoms with Gasteiger partial charge in [0.1, 0.15) is 16.8 Å². The molecule has 19 heteroatoms. The predicted octanol–water partition coefficient (Wildman–Crippen LogP) is 7.32. The van der Waals surface area contributed by atoms with Crippen LogP contribution in [0.1, 0.15) is 50.9 Å². The lowest BCUT2D eigenvalue weighted by molar-refractivity contribution is -0.123. The monoisotopic (exact) mass is 704 g/mol. The standard InChI is InChI=1S/C30H26Cl2N12O5/c1-3-4-5-6-19(45)30(2,20-22(46)43-24(35-20)39-41-26(43)37-28(48)33-17-11-7-15(31)8-12-17)21-23(47)44-25(36-21)40-42-27(44)38-29(49)34-18-13-9-16(32)10-14-18/h7-14,46-47H,3-6H2,1-2H3,(H,33,48)(H,34,49). The topological polar surface area (TPSA) is 226 Å². The second-order valence-corrected chi connectivity index (χ2v) is 11.8. The molecule has 4 aromatic rings. The van der Waals surface area contributed by atoms with Crippen LogP contribution in [0, 0.1) is 0 Å². The van der Waals surface area contributed by atoms with Gasteiger partial charge in [-0.25, -0.2) is 28.7 Å². The van der Waals surface area contributed by atoms with Crippen molar-refractivity contribution in [2.75, 3.05) is 10.6 Å². The summed E-state index contributed by atoms with van der Waals surface area (Å²) < 4.78 is 1.98. The van der Waals surface area contributed by atoms with Crippen LogP contribution in [0.4, 0.5) is 32.9 Å². The van der Waals surface area contributed by atoms with Gasteiger partial charge in [-0.3, -0.25) is 4.79 Å². The zero-order valence-corrected chi connectivity index (χ0v) is 27.3. The summed E-state index contributed by atoms with van der Waals surface area (Å²) in [5.74, 6) is -2.69. The Bertz CT molecular complexity index is 1960. The van der Waals surface area contributed by atoms with Crippen molar-refractivity contribution in [3.05, 3.63) is 70.0 Å². The number of Topliss-reactive ketones (excluding diaryl/α,β-unsaturated/α-hetero) is 1. The average Bonchev–Trinajstić information content (AvgIpc) is 3.83. The summed E-state index contributed by atoms with van der Waals surface area (Å²) in [6.45, 7) is 3.41. The molecule has 0 atom stereocenters. The van der Waals surface area contributed by atoms with Gasteiger partial charge in [-0.05, 0) is 61.9 Å². The predicted molar refractivity (Wildman–Crippen MR) is 179 cm³/mol. The van der Waals surface area contributed by atoms with E-state index in [0.717, 1.165) is 22.0 Å². The molecule has 6 rings (SSSR count). The molecule has 0 saturated heterocycles. The van der Waals surface area contributed by atoms with E-state index in [0.29, 0.717) is 27.8 Å². The number of nitrogens with zero attached hydrogens (tertiary/aromatic N) is 10. The number of unbranched alkanes of at least 4 members (excludes halogenated alkanes) is 2. The van der Waals surface area contributed by atoms with Gasteiger partial charge in [-0.1, -0.05) is 43.0 Å². The number of halogens is 2. The fraction of sp³-hybridized carbons (Fsp3) is 0.233. The fourth-order valence-electron chi connectivity index (χ4n) is 5.10. The number of ketones is 1. The summed E-state index contributed by atoms with van der Waals surface area (Å²) >= 11 is 11.8. The summed E-state index contributed by atoms with van der Waals surface area (Å²) in [4.78, 5) is 55.9. The maximum Gasteiger partial charge on any atom is 0.348 e. The van der Waals surface area contributed by atoms with E-state index >= 15 is 0 Å². The van der Waals surface area contributed by atoms with Crippen molar-refractivity contribution >= 4 is 76.2 Å². The third kappa shape index (κ3) is 6.40. The van der Waals surface area contributed by atoms with Crippen molar-refractivity contribution in [3.63, 3.8) is 0 Å². The molecule has 0 radical (unpaired) electrons. The summed E-state index contributed by atoms with van der Waals surface area (Å²) in [5, 5.41) is 44.6. The summed E-state index contributed by atoms with van der Waals surface area (Å²) in [6, 6.07) is 10.9. The first-order valence-electron chi connectivity index (χ1n) is 14.8. The number of hydrogen-bond donors (Lipinski definition) is 4. The Labute approximate surface area is 287 Å². The highest BCUT2D eigenvalue weighted by Gasteiger charge is 2.49. The first-order valence-corrected chi connectivity index (χ1v) is 15.6. The lowest BCUT2D eigenvalue weighted by atomic mass is 9.77. The number of carbonyl (C=O) groups is 3. The summed E-state index contributed by atoms with van der Waals surface area (Å²) in [6.07, 6.45) is 2.10. The number of nitrogens with one attached hydrogen (secondary N) is 2. The van der Waals surface area contributed by atoms with E-state index in [2.05, 4.69) is 51.0 Å². The van der Waals surface area contributed by atoms with Crippen molar-refractivity contribution in [2.24, 2.45) is 30.4 Å². The highest BCUT2D eigenvalue weighted by molar-refractivity contribution is 6.31. The van der Waals surface area contributed by atoms with Gasteiger partial charge < -0.3 is 20.8 Å². The molecule has 4 amide bonds. The van der Waals surface area contributed by atoms with Gasteiger partial charge in [0, 0.05) is 27.8 Å². The Morgan fingerprint density at radius 2 is 1.16 bits per heavy atom. The molecule has 49 heavy (non-hydrogen) atoms. The third-order valence-corrected chi connectivity index (χ3v) is 8.14. The van der Waals surface area contributed by atoms with E-state index < -0.39 is 35.0 Å². The van der Waals surface area contributed by atoms with Crippen LogP contribution in [0.2, 0.25) is 10.0 Å². The number of azo groups is 2. The molecule has 0 aliphatic carbocycles. The molecule has 0 spiro atoms. The molecule has 2 aromatic carbocycles. The van der Waals surface area contributed by atoms with Crippen molar-refractivity contribution in [2.45, 2.75) is 44.9 Å². The third-order valence-electron chi connectivity index (χ3n) is 7.63. The van der Waals surface area contributed by atoms with Crippen LogP contribution in [0.15, 0.2) is 79.0 Å². The number of rotatable bonds is 9. The van der Waals surface area contributed by atoms with Crippen LogP contribution >= 0.6 is 23.2 Å². The number of aliphatic imine (C=N–C) groups is 2. The normalized spacial score (nSPS) is 15.8. The molecule has 250 valence electrons. The second kappa shape index (κ2) is 13.4. The van der Waals surface area contributed by atoms with Gasteiger partial charge in [0.2, 0.25) is 11.8 Å². The lowest BCUT2D eigenvalue weighted by Gasteiger charge is -2.25. The van der Waals surface area contributed by atoms with Crippen molar-refractivity contribution in [3.8, 4) is 11.8 Å². The quantitative estimate of drug-likeness (QED) is 0.130. The Hall–Kier alpha value is -5.81. The zero-order valence-electron chi connectivity index (χ0n) is 25.8. The number of benzene rings is 2. The van der Waals surface area contributed by atoms with Gasteiger partial charge >= 0.3 is 12.1 Å². The van der Waals surface area contributed by atoms with Crippen molar-refractivity contribution in [1.82, 2.24) is 19.1 Å². The smallest absolute Gasteiger partial charge is 0.348 e. The first kappa shape index (κ1) is 33.1. The van der Waals surface area contributed by atoms with Crippen LogP contribution in [-0.4, -0.2) is 59.1 Å². The van der Waals surface area contributed by atoms with Gasteiger partial charge in [0.25, 0.3) is 23.8 Å². The molecule has 0 saturated carbocycles. The molecule has 0 bridgehead atoms. The number of carbonyl (C=O) groups excluding carboxylic acids is 3. The number of urea groups is 2. The van der Waals surface area contributed by atoms with Crippen LogP contribution < -0.4 is 10.6 Å². The van der Waals surface area contributed by atoms with Crippen LogP contribution in [0.5, 0.6) is 11.8 Å². The maximum atomic E-state index is 14.0. The minimum absolute atomic E-state index is 0.0333. The highest BCUT2D eigenvalue weighted by atomic mass is 35.5. The molecule has 17 nitrogen and oxygen atoms in total. The van der Waals surface area contributed by atoms with E-state index in [-0.39, 0.29) is 41.6 Å². The van der Waals surface area contributed by atoms with E-state index in [4.69, 9.17) is 23.2 Å². The molecular weight excluding hydrogens is 679 g/mol.